The maximum absolute atomic E-state index is 12.6. The molecule has 2 heterocycles. The van der Waals surface area contributed by atoms with Crippen LogP contribution in [0.5, 0.6) is 0 Å². The Balaban J connectivity index is 2.10. The predicted octanol–water partition coefficient (Wildman–Crippen LogP) is 1.45. The monoisotopic (exact) mass is 305 g/mol. The number of likely N-dealkylation sites (tertiary alicyclic amines) is 1. The second kappa shape index (κ2) is 5.03. The number of aliphatic hydroxyl groups is 1. The third kappa shape index (κ3) is 2.00. The number of likely N-dealkylation sites (N-methyl/N-ethyl adjacent to an activating group) is 1. The van der Waals surface area contributed by atoms with Crippen LogP contribution >= 0.6 is 0 Å². The Morgan fingerprint density at radius 3 is 2.82 bits per heavy atom. The average Bonchev–Trinajstić information content (AvgIpc) is 2.70. The molecule has 1 fully saturated rings. The molecule has 7 heteroatoms. The van der Waals surface area contributed by atoms with Crippen LogP contribution < -0.4 is 4.90 Å². The summed E-state index contributed by atoms with van der Waals surface area (Å²) in [7, 11) is 1.58. The predicted molar refractivity (Wildman–Crippen MR) is 80.4 cm³/mol. The van der Waals surface area contributed by atoms with Gasteiger partial charge < -0.3 is 10.0 Å². The number of anilines is 1. The first-order chi connectivity index (χ1) is 10.4. The van der Waals surface area contributed by atoms with Crippen LogP contribution in [0.4, 0.5) is 11.4 Å². The van der Waals surface area contributed by atoms with Gasteiger partial charge in [0.05, 0.1) is 10.6 Å². The van der Waals surface area contributed by atoms with Gasteiger partial charge in [0.2, 0.25) is 5.72 Å². The van der Waals surface area contributed by atoms with Crippen LogP contribution in [0.25, 0.3) is 0 Å². The van der Waals surface area contributed by atoms with E-state index in [-0.39, 0.29) is 5.69 Å². The van der Waals surface area contributed by atoms with Crippen molar-refractivity contribution in [3.8, 4) is 0 Å². The normalized spacial score (nSPS) is 28.8. The third-order valence-electron chi connectivity index (χ3n) is 4.65. The number of non-ortho nitro benzene ring substituents is 1. The Morgan fingerprint density at radius 1 is 1.45 bits per heavy atom. The molecule has 1 amide bonds. The fourth-order valence-corrected chi connectivity index (χ4v) is 3.46. The fourth-order valence-electron chi connectivity index (χ4n) is 3.46. The number of rotatable bonds is 2. The number of hydrogen-bond acceptors (Lipinski definition) is 5. The molecule has 118 valence electrons. The van der Waals surface area contributed by atoms with Gasteiger partial charge in [-0.05, 0) is 24.8 Å². The van der Waals surface area contributed by atoms with E-state index in [0.29, 0.717) is 30.3 Å². The lowest BCUT2D eigenvalue weighted by Gasteiger charge is -2.40. The summed E-state index contributed by atoms with van der Waals surface area (Å²) in [5.41, 5.74) is -1.09. The molecule has 0 bridgehead atoms. The van der Waals surface area contributed by atoms with Crippen molar-refractivity contribution in [1.82, 2.24) is 4.90 Å². The molecule has 22 heavy (non-hydrogen) atoms. The Hall–Kier alpha value is -1.99. The molecule has 0 spiro atoms. The number of nitro groups is 1. The highest BCUT2D eigenvalue weighted by Gasteiger charge is 2.53. The first-order valence-corrected chi connectivity index (χ1v) is 7.40. The van der Waals surface area contributed by atoms with Crippen molar-refractivity contribution < 1.29 is 14.8 Å². The average molecular weight is 305 g/mol. The lowest BCUT2D eigenvalue weighted by Crippen LogP contribution is -2.55. The number of hydrogen-bond donors (Lipinski definition) is 1. The van der Waals surface area contributed by atoms with Crippen LogP contribution in [0.1, 0.15) is 25.3 Å². The quantitative estimate of drug-likeness (QED) is 0.660. The number of piperidine rings is 1. The summed E-state index contributed by atoms with van der Waals surface area (Å²) >= 11 is 0. The van der Waals surface area contributed by atoms with E-state index in [1.807, 2.05) is 0 Å². The Kier molecular flexibility index (Phi) is 3.41. The lowest BCUT2D eigenvalue weighted by molar-refractivity contribution is -0.385. The smallest absolute Gasteiger partial charge is 0.279 e. The maximum atomic E-state index is 12.6. The molecule has 1 aromatic carbocycles. The van der Waals surface area contributed by atoms with Crippen LogP contribution in [0.15, 0.2) is 18.2 Å². The van der Waals surface area contributed by atoms with Crippen molar-refractivity contribution in [3.05, 3.63) is 33.9 Å². The van der Waals surface area contributed by atoms with Gasteiger partial charge in [-0.3, -0.25) is 19.8 Å². The van der Waals surface area contributed by atoms with Crippen molar-refractivity contribution >= 4 is 17.3 Å². The zero-order valence-electron chi connectivity index (χ0n) is 12.7. The minimum atomic E-state index is -1.80. The van der Waals surface area contributed by atoms with E-state index >= 15 is 0 Å². The minimum Gasteiger partial charge on any atom is -0.364 e. The summed E-state index contributed by atoms with van der Waals surface area (Å²) in [4.78, 5) is 26.3. The zero-order chi connectivity index (χ0) is 16.1. The van der Waals surface area contributed by atoms with Gasteiger partial charge in [-0.2, -0.15) is 0 Å². The number of fused-ring (bicyclic) bond motifs is 1. The molecule has 1 aromatic rings. The van der Waals surface area contributed by atoms with E-state index in [0.717, 1.165) is 12.8 Å². The highest BCUT2D eigenvalue weighted by molar-refractivity contribution is 6.06. The van der Waals surface area contributed by atoms with Crippen molar-refractivity contribution in [2.24, 2.45) is 5.92 Å². The van der Waals surface area contributed by atoms with Gasteiger partial charge >= 0.3 is 0 Å². The summed E-state index contributed by atoms with van der Waals surface area (Å²) < 4.78 is 0. The Morgan fingerprint density at radius 2 is 2.18 bits per heavy atom. The first-order valence-electron chi connectivity index (χ1n) is 7.40. The molecule has 0 saturated carbocycles. The molecule has 3 rings (SSSR count). The highest BCUT2D eigenvalue weighted by Crippen LogP contribution is 2.44. The van der Waals surface area contributed by atoms with Gasteiger partial charge in [-0.25, -0.2) is 0 Å². The molecule has 1 N–H and O–H groups in total. The molecule has 7 nitrogen and oxygen atoms in total. The molecule has 2 aliphatic rings. The van der Waals surface area contributed by atoms with Crippen LogP contribution in [-0.4, -0.2) is 41.0 Å². The molecule has 2 aliphatic heterocycles. The standard InChI is InChI=1S/C15H19N3O4/c1-10-4-3-7-17(9-10)15(20)12-8-11(18(21)22)5-6-13(12)16(2)14(15)19/h5-6,8,10,20H,3-4,7,9H2,1-2H3. The Bertz CT molecular complexity index is 648. The second-order valence-corrected chi connectivity index (χ2v) is 6.19. The van der Waals surface area contributed by atoms with Crippen molar-refractivity contribution in [3.63, 3.8) is 0 Å². The van der Waals surface area contributed by atoms with E-state index < -0.39 is 16.6 Å². The molecule has 0 aromatic heterocycles. The van der Waals surface area contributed by atoms with Crippen LogP contribution in [0.3, 0.4) is 0 Å². The number of carbonyl (C=O) groups excluding carboxylic acids is 1. The zero-order valence-corrected chi connectivity index (χ0v) is 12.7. The lowest BCUT2D eigenvalue weighted by atomic mass is 9.94. The number of carbonyl (C=O) groups is 1. The maximum Gasteiger partial charge on any atom is 0.279 e. The van der Waals surface area contributed by atoms with E-state index in [1.165, 1.54) is 23.1 Å². The van der Waals surface area contributed by atoms with Crippen molar-refractivity contribution in [2.75, 3.05) is 25.0 Å². The summed E-state index contributed by atoms with van der Waals surface area (Å²) in [5.74, 6) is -0.0734. The van der Waals surface area contributed by atoms with Crippen molar-refractivity contribution in [2.45, 2.75) is 25.5 Å². The molecule has 0 aliphatic carbocycles. The summed E-state index contributed by atoms with van der Waals surface area (Å²) in [6, 6.07) is 4.19. The van der Waals surface area contributed by atoms with Crippen molar-refractivity contribution in [1.29, 1.82) is 0 Å². The Labute approximate surface area is 128 Å². The van der Waals surface area contributed by atoms with Crippen LogP contribution in [-0.2, 0) is 10.5 Å². The summed E-state index contributed by atoms with van der Waals surface area (Å²) in [6.07, 6.45) is 1.95. The fraction of sp³-hybridized carbons (Fsp3) is 0.533. The number of benzene rings is 1. The van der Waals surface area contributed by atoms with Gasteiger partial charge in [-0.15, -0.1) is 0 Å². The summed E-state index contributed by atoms with van der Waals surface area (Å²) in [6.45, 7) is 3.27. The van der Waals surface area contributed by atoms with E-state index in [4.69, 9.17) is 0 Å². The minimum absolute atomic E-state index is 0.120. The molecule has 2 atom stereocenters. The number of nitrogens with zero attached hydrogens (tertiary/aromatic N) is 3. The van der Waals surface area contributed by atoms with Gasteiger partial charge in [-0.1, -0.05) is 6.92 Å². The van der Waals surface area contributed by atoms with E-state index in [9.17, 15) is 20.0 Å². The molecule has 0 radical (unpaired) electrons. The van der Waals surface area contributed by atoms with Gasteiger partial charge in [0.25, 0.3) is 11.6 Å². The molecule has 1 saturated heterocycles. The molecule has 2 unspecified atom stereocenters. The van der Waals surface area contributed by atoms with Crippen LogP contribution in [0, 0.1) is 16.0 Å². The topological polar surface area (TPSA) is 86.9 Å². The molecular weight excluding hydrogens is 286 g/mol. The van der Waals surface area contributed by atoms with Gasteiger partial charge in [0, 0.05) is 37.8 Å². The van der Waals surface area contributed by atoms with Crippen LogP contribution in [0.2, 0.25) is 0 Å². The van der Waals surface area contributed by atoms with E-state index in [2.05, 4.69) is 6.92 Å². The number of amides is 1. The first kappa shape index (κ1) is 14.9. The number of nitro benzene ring substituents is 1. The SMILES string of the molecule is CC1CCCN(C2(O)C(=O)N(C)c3ccc([N+](=O)[O-])cc32)C1. The highest BCUT2D eigenvalue weighted by atomic mass is 16.6. The third-order valence-corrected chi connectivity index (χ3v) is 4.65. The largest absolute Gasteiger partial charge is 0.364 e. The molecular formula is C15H19N3O4. The summed E-state index contributed by atoms with van der Waals surface area (Å²) in [5, 5.41) is 22.2. The van der Waals surface area contributed by atoms with Gasteiger partial charge in [0.15, 0.2) is 0 Å². The van der Waals surface area contributed by atoms with Gasteiger partial charge in [0.1, 0.15) is 0 Å². The van der Waals surface area contributed by atoms with E-state index in [1.54, 1.807) is 11.9 Å². The second-order valence-electron chi connectivity index (χ2n) is 6.19.